The Morgan fingerprint density at radius 2 is 1.83 bits per heavy atom. The number of hydrogen-bond donors (Lipinski definition) is 2. The maximum absolute atomic E-state index is 12.6. The average molecular weight is 409 g/mol. The molecule has 1 saturated carbocycles. The van der Waals surface area contributed by atoms with E-state index in [9.17, 15) is 4.79 Å². The number of aromatic nitrogens is 2. The van der Waals surface area contributed by atoms with Gasteiger partial charge in [0.05, 0.1) is 17.4 Å². The molecule has 5 nitrogen and oxygen atoms in total. The first-order valence-corrected chi connectivity index (χ1v) is 10.3. The minimum atomic E-state index is -0.164. The van der Waals surface area contributed by atoms with Crippen LogP contribution in [0.2, 0.25) is 5.02 Å². The fourth-order valence-corrected chi connectivity index (χ4v) is 3.81. The van der Waals surface area contributed by atoms with E-state index in [-0.39, 0.29) is 12.1 Å². The van der Waals surface area contributed by atoms with Gasteiger partial charge in [-0.25, -0.2) is 9.48 Å². The van der Waals surface area contributed by atoms with Gasteiger partial charge in [-0.2, -0.15) is 5.10 Å². The second kappa shape index (κ2) is 8.29. The molecule has 1 aliphatic carbocycles. The highest BCUT2D eigenvalue weighted by Gasteiger charge is 2.33. The highest BCUT2D eigenvalue weighted by molar-refractivity contribution is 6.30. The van der Waals surface area contributed by atoms with Crippen LogP contribution in [0, 0.1) is 19.8 Å². The molecule has 1 fully saturated rings. The van der Waals surface area contributed by atoms with Gasteiger partial charge in [0.15, 0.2) is 0 Å². The van der Waals surface area contributed by atoms with E-state index < -0.39 is 0 Å². The van der Waals surface area contributed by atoms with E-state index in [0.717, 1.165) is 41.0 Å². The molecule has 1 heterocycles. The molecule has 0 bridgehead atoms. The van der Waals surface area contributed by atoms with Crippen molar-refractivity contribution in [1.29, 1.82) is 0 Å². The van der Waals surface area contributed by atoms with Gasteiger partial charge in [-0.15, -0.1) is 0 Å². The number of halogens is 1. The summed E-state index contributed by atoms with van der Waals surface area (Å²) in [6, 6.07) is 17.6. The summed E-state index contributed by atoms with van der Waals surface area (Å²) in [4.78, 5) is 12.6. The number of hydrogen-bond acceptors (Lipinski definition) is 2. The quantitative estimate of drug-likeness (QED) is 0.596. The van der Waals surface area contributed by atoms with E-state index in [1.807, 2.05) is 73.1 Å². The Hall–Kier alpha value is -2.79. The maximum Gasteiger partial charge on any atom is 0.315 e. The number of benzene rings is 2. The third-order valence-electron chi connectivity index (χ3n) is 5.48. The van der Waals surface area contributed by atoms with E-state index in [4.69, 9.17) is 11.6 Å². The lowest BCUT2D eigenvalue weighted by molar-refractivity contribution is 0.235. The summed E-state index contributed by atoms with van der Waals surface area (Å²) in [5.41, 5.74) is 5.10. The van der Waals surface area contributed by atoms with Crippen LogP contribution in [0.15, 0.2) is 54.6 Å². The summed E-state index contributed by atoms with van der Waals surface area (Å²) in [5, 5.41) is 11.5. The first-order valence-electron chi connectivity index (χ1n) is 9.93. The minimum Gasteiger partial charge on any atom is -0.334 e. The Balaban J connectivity index is 1.43. The van der Waals surface area contributed by atoms with E-state index in [2.05, 4.69) is 15.7 Å². The molecular formula is C23H25ClN4O. The molecule has 29 heavy (non-hydrogen) atoms. The van der Waals surface area contributed by atoms with E-state index >= 15 is 0 Å². The second-order valence-electron chi connectivity index (χ2n) is 7.59. The van der Waals surface area contributed by atoms with Gasteiger partial charge in [0.1, 0.15) is 0 Å². The second-order valence-corrected chi connectivity index (χ2v) is 8.03. The van der Waals surface area contributed by atoms with Crippen LogP contribution in [-0.2, 0) is 6.54 Å². The number of amides is 2. The van der Waals surface area contributed by atoms with Crippen LogP contribution in [0.1, 0.15) is 41.4 Å². The van der Waals surface area contributed by atoms with E-state index in [0.29, 0.717) is 17.5 Å². The van der Waals surface area contributed by atoms with Gasteiger partial charge in [-0.1, -0.05) is 41.9 Å². The molecule has 0 aliphatic heterocycles. The monoisotopic (exact) mass is 408 g/mol. The molecule has 2 N–H and O–H groups in total. The number of para-hydroxylation sites is 1. The predicted molar refractivity (Wildman–Crippen MR) is 115 cm³/mol. The maximum atomic E-state index is 12.6. The fourth-order valence-electron chi connectivity index (χ4n) is 3.69. The topological polar surface area (TPSA) is 59.0 Å². The molecule has 0 radical (unpaired) electrons. The lowest BCUT2D eigenvalue weighted by atomic mass is 10.0. The van der Waals surface area contributed by atoms with Gasteiger partial charge in [-0.3, -0.25) is 0 Å². The lowest BCUT2D eigenvalue weighted by Gasteiger charge is -2.19. The van der Waals surface area contributed by atoms with Gasteiger partial charge >= 0.3 is 6.03 Å². The first kappa shape index (κ1) is 19.5. The third kappa shape index (κ3) is 4.46. The van der Waals surface area contributed by atoms with Gasteiger partial charge in [0, 0.05) is 22.8 Å². The Morgan fingerprint density at radius 3 is 2.48 bits per heavy atom. The fraction of sp³-hybridized carbons (Fsp3) is 0.304. The summed E-state index contributed by atoms with van der Waals surface area (Å²) in [6.45, 7) is 4.44. The molecule has 4 rings (SSSR count). The normalized spacial score (nSPS) is 14.4. The SMILES string of the molecule is Cc1nn(-c2ccccc2)c(C)c1CNC(=O)NC(c1ccc(Cl)cc1)C1CC1. The van der Waals surface area contributed by atoms with Crippen LogP contribution < -0.4 is 10.6 Å². The number of urea groups is 1. The predicted octanol–water partition coefficient (Wildman–Crippen LogP) is 5.09. The molecule has 6 heteroatoms. The first-order chi connectivity index (χ1) is 14.0. The molecule has 150 valence electrons. The number of rotatable bonds is 6. The number of nitrogens with zero attached hydrogens (tertiary/aromatic N) is 2. The van der Waals surface area contributed by atoms with Crippen molar-refractivity contribution < 1.29 is 4.79 Å². The molecule has 0 spiro atoms. The van der Waals surface area contributed by atoms with E-state index in [1.54, 1.807) is 0 Å². The lowest BCUT2D eigenvalue weighted by Crippen LogP contribution is -2.38. The summed E-state index contributed by atoms with van der Waals surface area (Å²) in [6.07, 6.45) is 2.27. The number of nitrogens with one attached hydrogen (secondary N) is 2. The van der Waals surface area contributed by atoms with Crippen LogP contribution in [0.3, 0.4) is 0 Å². The zero-order valence-corrected chi connectivity index (χ0v) is 17.4. The Morgan fingerprint density at radius 1 is 1.14 bits per heavy atom. The van der Waals surface area contributed by atoms with Crippen molar-refractivity contribution in [3.63, 3.8) is 0 Å². The average Bonchev–Trinajstić information content (AvgIpc) is 3.52. The van der Waals surface area contributed by atoms with Gasteiger partial charge in [-0.05, 0) is 62.4 Å². The highest BCUT2D eigenvalue weighted by Crippen LogP contribution is 2.41. The van der Waals surface area contributed by atoms with Crippen molar-refractivity contribution in [1.82, 2.24) is 20.4 Å². The highest BCUT2D eigenvalue weighted by atomic mass is 35.5. The molecule has 1 aromatic heterocycles. The molecule has 1 aliphatic rings. The zero-order chi connectivity index (χ0) is 20.4. The summed E-state index contributed by atoms with van der Waals surface area (Å²) in [7, 11) is 0. The van der Waals surface area contributed by atoms with Crippen molar-refractivity contribution in [2.45, 2.75) is 39.3 Å². The molecular weight excluding hydrogens is 384 g/mol. The molecule has 1 unspecified atom stereocenters. The van der Waals surface area contributed by atoms with Crippen LogP contribution >= 0.6 is 11.6 Å². The third-order valence-corrected chi connectivity index (χ3v) is 5.73. The van der Waals surface area contributed by atoms with Crippen molar-refractivity contribution >= 4 is 17.6 Å². The number of aryl methyl sites for hydroxylation is 1. The molecule has 3 aromatic rings. The largest absolute Gasteiger partial charge is 0.334 e. The van der Waals surface area contributed by atoms with Crippen LogP contribution in [-0.4, -0.2) is 15.8 Å². The molecule has 0 saturated heterocycles. The Bertz CT molecular complexity index is 994. The van der Waals surface area contributed by atoms with Gasteiger partial charge < -0.3 is 10.6 Å². The van der Waals surface area contributed by atoms with Crippen molar-refractivity contribution in [2.75, 3.05) is 0 Å². The Kier molecular flexibility index (Phi) is 5.58. The summed E-state index contributed by atoms with van der Waals surface area (Å²) >= 11 is 6.00. The van der Waals surface area contributed by atoms with Crippen molar-refractivity contribution in [3.8, 4) is 5.69 Å². The smallest absolute Gasteiger partial charge is 0.315 e. The minimum absolute atomic E-state index is 0.0153. The van der Waals surface area contributed by atoms with Crippen LogP contribution in [0.4, 0.5) is 4.79 Å². The summed E-state index contributed by atoms with van der Waals surface area (Å²) in [5.74, 6) is 0.492. The Labute approximate surface area is 176 Å². The van der Waals surface area contributed by atoms with Gasteiger partial charge in [0.25, 0.3) is 0 Å². The van der Waals surface area contributed by atoms with E-state index in [1.165, 1.54) is 0 Å². The van der Waals surface area contributed by atoms with Crippen molar-refractivity contribution in [3.05, 3.63) is 82.1 Å². The van der Waals surface area contributed by atoms with Crippen molar-refractivity contribution in [2.24, 2.45) is 5.92 Å². The zero-order valence-electron chi connectivity index (χ0n) is 16.7. The standard InChI is InChI=1S/C23H25ClN4O/c1-15-21(16(2)28(27-15)20-6-4-3-5-7-20)14-25-23(29)26-22(17-8-9-17)18-10-12-19(24)13-11-18/h3-7,10-13,17,22H,8-9,14H2,1-2H3,(H2,25,26,29). The molecule has 2 aromatic carbocycles. The summed E-state index contributed by atoms with van der Waals surface area (Å²) < 4.78 is 1.92. The van der Waals surface area contributed by atoms with Gasteiger partial charge in [0.2, 0.25) is 0 Å². The van der Waals surface area contributed by atoms with Crippen LogP contribution in [0.25, 0.3) is 5.69 Å². The molecule has 2 amide bonds. The molecule has 1 atom stereocenters. The van der Waals surface area contributed by atoms with Crippen LogP contribution in [0.5, 0.6) is 0 Å². The number of carbonyl (C=O) groups excluding carboxylic acids is 1. The number of carbonyl (C=O) groups is 1.